The summed E-state index contributed by atoms with van der Waals surface area (Å²) in [5, 5.41) is 17.2. The van der Waals surface area contributed by atoms with Gasteiger partial charge in [0.15, 0.2) is 10.7 Å². The van der Waals surface area contributed by atoms with Crippen LogP contribution in [0, 0.1) is 19.8 Å². The number of hydrogen-bond donors (Lipinski definition) is 3. The highest BCUT2D eigenvalue weighted by Gasteiger charge is 2.32. The van der Waals surface area contributed by atoms with Crippen molar-refractivity contribution in [2.75, 3.05) is 38.1 Å². The number of carbonyl (C=O) groups is 2. The maximum Gasteiger partial charge on any atom is 0.317 e. The molecule has 1 saturated carbocycles. The predicted octanol–water partition coefficient (Wildman–Crippen LogP) is 4.86. The van der Waals surface area contributed by atoms with Crippen molar-refractivity contribution in [1.82, 2.24) is 20.3 Å². The summed E-state index contributed by atoms with van der Waals surface area (Å²) in [7, 11) is -2.32. The van der Waals surface area contributed by atoms with Crippen LogP contribution in [0.1, 0.15) is 93.9 Å². The van der Waals surface area contributed by atoms with Gasteiger partial charge in [0.1, 0.15) is 11.4 Å². The van der Waals surface area contributed by atoms with Gasteiger partial charge in [-0.3, -0.25) is 9.52 Å². The van der Waals surface area contributed by atoms with E-state index < -0.39 is 22.0 Å². The van der Waals surface area contributed by atoms with E-state index in [0.717, 1.165) is 38.5 Å². The molecular weight excluding hydrogens is 638 g/mol. The molecule has 13 nitrogen and oxygen atoms in total. The average molecular weight is 692 g/mol. The van der Waals surface area contributed by atoms with E-state index in [9.17, 15) is 23.1 Å². The highest BCUT2D eigenvalue weighted by atomic mass is 32.2. The molecule has 2 heterocycles. The first-order valence-corrected chi connectivity index (χ1v) is 18.6. The minimum Gasteiger partial charge on any atom is -0.490 e. The number of urea groups is 1. The van der Waals surface area contributed by atoms with Crippen LogP contribution in [0.4, 0.5) is 10.5 Å². The molecule has 268 valence electrons. The summed E-state index contributed by atoms with van der Waals surface area (Å²) in [6, 6.07) is 4.08. The second kappa shape index (κ2) is 16.8. The summed E-state index contributed by atoms with van der Waals surface area (Å²) in [4.78, 5) is 30.7. The third-order valence-corrected chi connectivity index (χ3v) is 10.9. The molecule has 1 aliphatic heterocycles. The van der Waals surface area contributed by atoms with E-state index in [0.29, 0.717) is 25.3 Å². The fourth-order valence-electron chi connectivity index (χ4n) is 6.40. The summed E-state index contributed by atoms with van der Waals surface area (Å²) >= 11 is 0. The molecular formula is C34H53N5O8S. The van der Waals surface area contributed by atoms with Crippen molar-refractivity contribution in [1.29, 1.82) is 0 Å². The van der Waals surface area contributed by atoms with Gasteiger partial charge in [-0.15, -0.1) is 0 Å². The number of benzene rings is 1. The molecule has 14 heteroatoms. The Kier molecular flexibility index (Phi) is 13.1. The lowest BCUT2D eigenvalue weighted by atomic mass is 9.96. The minimum absolute atomic E-state index is 0.0634. The van der Waals surface area contributed by atoms with E-state index in [4.69, 9.17) is 14.0 Å². The Labute approximate surface area is 284 Å². The van der Waals surface area contributed by atoms with Gasteiger partial charge in [0.25, 0.3) is 15.9 Å². The number of aromatic nitrogens is 1. The largest absolute Gasteiger partial charge is 0.490 e. The minimum atomic E-state index is -4.08. The van der Waals surface area contributed by atoms with Crippen LogP contribution in [0.15, 0.2) is 27.6 Å². The summed E-state index contributed by atoms with van der Waals surface area (Å²) in [6.45, 7) is 9.46. The second-order valence-corrected chi connectivity index (χ2v) is 15.1. The number of carbonyl (C=O) groups excluding carboxylic acids is 2. The Bertz CT molecular complexity index is 1470. The first kappa shape index (κ1) is 37.5. The molecule has 1 fully saturated rings. The predicted molar refractivity (Wildman–Crippen MR) is 182 cm³/mol. The number of aliphatic hydroxyl groups is 1. The molecule has 0 bridgehead atoms. The van der Waals surface area contributed by atoms with Gasteiger partial charge in [-0.2, -0.15) is 0 Å². The molecule has 4 rings (SSSR count). The molecule has 0 unspecified atom stereocenters. The monoisotopic (exact) mass is 691 g/mol. The smallest absolute Gasteiger partial charge is 0.317 e. The highest BCUT2D eigenvalue weighted by Crippen LogP contribution is 2.30. The van der Waals surface area contributed by atoms with E-state index in [1.54, 1.807) is 42.8 Å². The molecule has 3 amide bonds. The van der Waals surface area contributed by atoms with Crippen LogP contribution in [0.5, 0.6) is 5.75 Å². The molecule has 0 spiro atoms. The number of ether oxygens (including phenoxy) is 2. The fraction of sp³-hybridized carbons (Fsp3) is 0.676. The number of rotatable bonds is 8. The molecule has 2 aliphatic rings. The van der Waals surface area contributed by atoms with E-state index in [1.807, 2.05) is 13.8 Å². The SMILES string of the molecule is Cc1noc(C)c1S(=O)(=O)Nc1ccc2c(c1)C(=O)N([C@@H](C)CO)C[C@H](C)[C@@H](CN(C)C(=O)NC1CCCCC1)OCCCC[C@H](C)O2. The zero-order valence-corrected chi connectivity index (χ0v) is 30.0. The summed E-state index contributed by atoms with van der Waals surface area (Å²) in [6.07, 6.45) is 7.11. The van der Waals surface area contributed by atoms with Crippen molar-refractivity contribution in [2.24, 2.45) is 5.92 Å². The third kappa shape index (κ3) is 9.63. The third-order valence-electron chi connectivity index (χ3n) is 9.27. The number of sulfonamides is 1. The molecule has 1 aromatic heterocycles. The van der Waals surface area contributed by atoms with Gasteiger partial charge in [0.2, 0.25) is 0 Å². The van der Waals surface area contributed by atoms with Crippen molar-refractivity contribution < 1.29 is 37.1 Å². The molecule has 48 heavy (non-hydrogen) atoms. The quantitative estimate of drug-likeness (QED) is 0.351. The van der Waals surface area contributed by atoms with Gasteiger partial charge in [-0.25, -0.2) is 13.2 Å². The number of aliphatic hydroxyl groups excluding tert-OH is 1. The molecule has 4 atom stereocenters. The Balaban J connectivity index is 1.62. The lowest BCUT2D eigenvalue weighted by molar-refractivity contribution is -0.0123. The first-order valence-electron chi connectivity index (χ1n) is 17.1. The molecule has 2 aromatic rings. The lowest BCUT2D eigenvalue weighted by Gasteiger charge is -2.36. The number of amides is 3. The van der Waals surface area contributed by atoms with E-state index in [-0.39, 0.29) is 71.0 Å². The maximum absolute atomic E-state index is 14.4. The van der Waals surface area contributed by atoms with Crippen molar-refractivity contribution in [3.8, 4) is 5.75 Å². The van der Waals surface area contributed by atoms with Crippen LogP contribution in [-0.4, -0.2) is 98.1 Å². The normalized spacial score (nSPS) is 22.6. The van der Waals surface area contributed by atoms with Crippen LogP contribution in [0.25, 0.3) is 0 Å². The Morgan fingerprint density at radius 1 is 1.12 bits per heavy atom. The zero-order chi connectivity index (χ0) is 35.0. The number of nitrogens with one attached hydrogen (secondary N) is 2. The molecule has 0 radical (unpaired) electrons. The standard InChI is InChI=1S/C34H53N5O8S/c1-22-19-39(23(2)21-40)33(41)29-18-28(37-48(43,44)32-25(4)36-47-26(32)5)15-16-30(29)46-24(3)12-10-11-17-45-31(22)20-38(6)34(42)35-27-13-8-7-9-14-27/h15-16,18,22-24,27,31,37,40H,7-14,17,19-21H2,1-6H3,(H,35,42)/t22-,23-,24-,31+/m0/s1. The van der Waals surface area contributed by atoms with Gasteiger partial charge in [-0.05, 0) is 78.0 Å². The van der Waals surface area contributed by atoms with E-state index >= 15 is 0 Å². The summed E-state index contributed by atoms with van der Waals surface area (Å²) in [5.41, 5.74) is 0.542. The lowest BCUT2D eigenvalue weighted by Crippen LogP contribution is -2.50. The Hall–Kier alpha value is -3.36. The number of aryl methyl sites for hydroxylation is 2. The maximum atomic E-state index is 14.4. The highest BCUT2D eigenvalue weighted by molar-refractivity contribution is 7.92. The van der Waals surface area contributed by atoms with Crippen LogP contribution in [0.2, 0.25) is 0 Å². The van der Waals surface area contributed by atoms with Crippen LogP contribution in [0.3, 0.4) is 0 Å². The average Bonchev–Trinajstić information content (AvgIpc) is 3.40. The Morgan fingerprint density at radius 2 is 1.83 bits per heavy atom. The summed E-state index contributed by atoms with van der Waals surface area (Å²) in [5.74, 6) is -0.180. The first-order chi connectivity index (χ1) is 22.8. The van der Waals surface area contributed by atoms with Gasteiger partial charge in [-0.1, -0.05) is 31.3 Å². The van der Waals surface area contributed by atoms with Gasteiger partial charge in [0.05, 0.1) is 30.4 Å². The number of fused-ring (bicyclic) bond motifs is 1. The number of nitrogens with zero attached hydrogens (tertiary/aromatic N) is 3. The summed E-state index contributed by atoms with van der Waals surface area (Å²) < 4.78 is 46.9. The molecule has 1 aliphatic carbocycles. The Morgan fingerprint density at radius 3 is 2.50 bits per heavy atom. The van der Waals surface area contributed by atoms with Crippen molar-refractivity contribution in [3.05, 3.63) is 35.2 Å². The molecule has 3 N–H and O–H groups in total. The van der Waals surface area contributed by atoms with Crippen molar-refractivity contribution >= 4 is 27.6 Å². The molecule has 0 saturated heterocycles. The van der Waals surface area contributed by atoms with Crippen molar-refractivity contribution in [3.63, 3.8) is 0 Å². The van der Waals surface area contributed by atoms with Gasteiger partial charge in [0, 0.05) is 44.4 Å². The van der Waals surface area contributed by atoms with Gasteiger partial charge >= 0.3 is 6.03 Å². The number of hydrogen-bond acceptors (Lipinski definition) is 9. The van der Waals surface area contributed by atoms with Gasteiger partial charge < -0.3 is 34.2 Å². The topological polar surface area (TPSA) is 164 Å². The fourth-order valence-corrected chi connectivity index (χ4v) is 7.78. The van der Waals surface area contributed by atoms with E-state index in [2.05, 4.69) is 15.2 Å². The molecule has 1 aromatic carbocycles. The number of anilines is 1. The van der Waals surface area contributed by atoms with Crippen molar-refractivity contribution in [2.45, 2.75) is 115 Å². The van der Waals surface area contributed by atoms with Crippen LogP contribution >= 0.6 is 0 Å². The van der Waals surface area contributed by atoms with Crippen LogP contribution < -0.4 is 14.8 Å². The van der Waals surface area contributed by atoms with E-state index in [1.165, 1.54) is 19.4 Å². The van der Waals surface area contributed by atoms with Crippen LogP contribution in [-0.2, 0) is 14.8 Å². The zero-order valence-electron chi connectivity index (χ0n) is 29.2. The second-order valence-electron chi connectivity index (χ2n) is 13.4. The number of likely N-dealkylation sites (N-methyl/N-ethyl adjacent to an activating group) is 1.